The van der Waals surface area contributed by atoms with Crippen LogP contribution in [0, 0.1) is 0 Å². The van der Waals surface area contributed by atoms with Gasteiger partial charge >= 0.3 is 0 Å². The summed E-state index contributed by atoms with van der Waals surface area (Å²) in [5.74, 6) is -0.0712. The first-order valence-corrected chi connectivity index (χ1v) is 33.4. The number of nitrogens with one attached hydrogen (secondary N) is 1. The Hall–Kier alpha value is -1.65. The third-order valence-electron chi connectivity index (χ3n) is 15.5. The maximum atomic E-state index is 12.5. The van der Waals surface area contributed by atoms with Crippen molar-refractivity contribution in [3.63, 3.8) is 0 Å². The van der Waals surface area contributed by atoms with Crippen LogP contribution in [-0.4, -0.2) is 34.9 Å². The van der Waals surface area contributed by atoms with E-state index in [9.17, 15) is 15.0 Å². The molecule has 0 aromatic heterocycles. The number of unbranched alkanes of at least 4 members (excludes halogenated alkanes) is 49. The molecule has 2 unspecified atom stereocenters. The SMILES string of the molecule is CCCCCCCCCC/C=C\CCCCCCCCCCCCCCCCCCCCCCCCCCCC(=O)NC(CO)C(O)/C=C/CC/C=C/CC/C=C/CCCCCCCCCCCCCCCC. The lowest BCUT2D eigenvalue weighted by molar-refractivity contribution is -0.123. The van der Waals surface area contributed by atoms with Crippen LogP contribution in [0.3, 0.4) is 0 Å². The molecule has 0 saturated heterocycles. The molecule has 0 aliphatic rings. The van der Waals surface area contributed by atoms with Gasteiger partial charge in [0.25, 0.3) is 0 Å². The van der Waals surface area contributed by atoms with Crippen molar-refractivity contribution in [1.82, 2.24) is 5.32 Å². The second-order valence-corrected chi connectivity index (χ2v) is 22.9. The molecule has 0 bridgehead atoms. The summed E-state index contributed by atoms with van der Waals surface area (Å²) in [7, 11) is 0. The highest BCUT2D eigenvalue weighted by Crippen LogP contribution is 2.18. The van der Waals surface area contributed by atoms with E-state index in [1.54, 1.807) is 6.08 Å². The Morgan fingerprint density at radius 3 is 0.795 bits per heavy atom. The van der Waals surface area contributed by atoms with Crippen LogP contribution in [0.5, 0.6) is 0 Å². The van der Waals surface area contributed by atoms with Gasteiger partial charge in [0.05, 0.1) is 18.8 Å². The highest BCUT2D eigenvalue weighted by atomic mass is 16.3. The Morgan fingerprint density at radius 1 is 0.315 bits per heavy atom. The first-order chi connectivity index (χ1) is 36.2. The zero-order valence-electron chi connectivity index (χ0n) is 49.7. The predicted molar refractivity (Wildman–Crippen MR) is 327 cm³/mol. The van der Waals surface area contributed by atoms with Crippen LogP contribution >= 0.6 is 0 Å². The lowest BCUT2D eigenvalue weighted by atomic mass is 10.0. The summed E-state index contributed by atoms with van der Waals surface area (Å²) in [5, 5.41) is 23.2. The van der Waals surface area contributed by atoms with Crippen molar-refractivity contribution in [3.8, 4) is 0 Å². The van der Waals surface area contributed by atoms with Crippen molar-refractivity contribution >= 4 is 5.91 Å². The van der Waals surface area contributed by atoms with Crippen molar-refractivity contribution in [3.05, 3.63) is 48.6 Å². The first-order valence-electron chi connectivity index (χ1n) is 33.4. The summed E-state index contributed by atoms with van der Waals surface area (Å²) in [5.41, 5.74) is 0. The molecule has 0 aromatic carbocycles. The predicted octanol–water partition coefficient (Wildman–Crippen LogP) is 22.5. The largest absolute Gasteiger partial charge is 0.394 e. The fourth-order valence-corrected chi connectivity index (χ4v) is 10.4. The molecule has 0 radical (unpaired) electrons. The summed E-state index contributed by atoms with van der Waals surface area (Å²) in [6.45, 7) is 4.33. The third kappa shape index (κ3) is 61.1. The second kappa shape index (κ2) is 64.6. The zero-order valence-corrected chi connectivity index (χ0v) is 49.7. The van der Waals surface area contributed by atoms with Crippen molar-refractivity contribution < 1.29 is 15.0 Å². The fraction of sp³-hybridized carbons (Fsp3) is 0.870. The molecule has 0 saturated carbocycles. The lowest BCUT2D eigenvalue weighted by Crippen LogP contribution is -2.45. The van der Waals surface area contributed by atoms with E-state index in [1.807, 2.05) is 6.08 Å². The van der Waals surface area contributed by atoms with Crippen LogP contribution in [0.2, 0.25) is 0 Å². The van der Waals surface area contributed by atoms with Crippen LogP contribution in [0.25, 0.3) is 0 Å². The van der Waals surface area contributed by atoms with Gasteiger partial charge in [-0.05, 0) is 70.6 Å². The molecular formula is C69H131NO3. The number of amides is 1. The summed E-state index contributed by atoms with van der Waals surface area (Å²) in [6, 6.07) is -0.646. The number of aliphatic hydroxyl groups is 2. The first kappa shape index (κ1) is 71.3. The monoisotopic (exact) mass is 1020 g/mol. The Labute approximate surface area is 458 Å². The minimum atomic E-state index is -0.871. The number of allylic oxidation sites excluding steroid dienone is 7. The normalized spacial score (nSPS) is 13.0. The average Bonchev–Trinajstić information content (AvgIpc) is 3.40. The highest BCUT2D eigenvalue weighted by Gasteiger charge is 2.18. The van der Waals surface area contributed by atoms with E-state index in [0.29, 0.717) is 6.42 Å². The van der Waals surface area contributed by atoms with E-state index in [4.69, 9.17) is 0 Å². The zero-order chi connectivity index (χ0) is 52.7. The molecule has 1 amide bonds. The van der Waals surface area contributed by atoms with E-state index in [1.165, 1.54) is 308 Å². The smallest absolute Gasteiger partial charge is 0.220 e. The van der Waals surface area contributed by atoms with Crippen molar-refractivity contribution in [1.29, 1.82) is 0 Å². The van der Waals surface area contributed by atoms with Crippen LogP contribution < -0.4 is 5.32 Å². The topological polar surface area (TPSA) is 69.6 Å². The number of carbonyl (C=O) groups excluding carboxylic acids is 1. The van der Waals surface area contributed by atoms with E-state index in [2.05, 4.69) is 55.6 Å². The summed E-state index contributed by atoms with van der Waals surface area (Å²) < 4.78 is 0. The number of carbonyl (C=O) groups is 1. The minimum absolute atomic E-state index is 0.0712. The fourth-order valence-electron chi connectivity index (χ4n) is 10.4. The molecule has 0 aromatic rings. The number of hydrogen-bond donors (Lipinski definition) is 3. The van der Waals surface area contributed by atoms with Gasteiger partial charge in [-0.25, -0.2) is 0 Å². The van der Waals surface area contributed by atoms with Gasteiger partial charge in [0.15, 0.2) is 0 Å². The van der Waals surface area contributed by atoms with Crippen LogP contribution in [0.1, 0.15) is 367 Å². The molecule has 0 rings (SSSR count). The van der Waals surface area contributed by atoms with E-state index < -0.39 is 12.1 Å². The number of aliphatic hydroxyl groups excluding tert-OH is 2. The van der Waals surface area contributed by atoms with Crippen molar-refractivity contribution in [2.45, 2.75) is 379 Å². The third-order valence-corrected chi connectivity index (χ3v) is 15.5. The molecule has 3 N–H and O–H groups in total. The summed E-state index contributed by atoms with van der Waals surface area (Å²) >= 11 is 0. The maximum Gasteiger partial charge on any atom is 0.220 e. The average molecular weight is 1020 g/mol. The second-order valence-electron chi connectivity index (χ2n) is 22.9. The van der Waals surface area contributed by atoms with E-state index >= 15 is 0 Å². The Bertz CT molecular complexity index is 1160. The lowest BCUT2D eigenvalue weighted by Gasteiger charge is -2.19. The van der Waals surface area contributed by atoms with Gasteiger partial charge in [0.2, 0.25) is 5.91 Å². The molecule has 2 atom stereocenters. The van der Waals surface area contributed by atoms with Gasteiger partial charge in [-0.1, -0.05) is 339 Å². The molecule has 0 heterocycles. The van der Waals surface area contributed by atoms with Gasteiger partial charge in [-0.3, -0.25) is 4.79 Å². The highest BCUT2D eigenvalue weighted by molar-refractivity contribution is 5.76. The van der Waals surface area contributed by atoms with Crippen LogP contribution in [-0.2, 0) is 4.79 Å². The van der Waals surface area contributed by atoms with Crippen LogP contribution in [0.15, 0.2) is 48.6 Å². The molecule has 0 fully saturated rings. The van der Waals surface area contributed by atoms with Gasteiger partial charge < -0.3 is 15.5 Å². The number of rotatable bonds is 62. The van der Waals surface area contributed by atoms with Crippen molar-refractivity contribution in [2.75, 3.05) is 6.61 Å². The van der Waals surface area contributed by atoms with Gasteiger partial charge in [0, 0.05) is 6.42 Å². The molecule has 0 spiro atoms. The van der Waals surface area contributed by atoms with Crippen LogP contribution in [0.4, 0.5) is 0 Å². The molecule has 4 nitrogen and oxygen atoms in total. The van der Waals surface area contributed by atoms with E-state index in [0.717, 1.165) is 38.5 Å². The van der Waals surface area contributed by atoms with E-state index in [-0.39, 0.29) is 12.5 Å². The molecule has 73 heavy (non-hydrogen) atoms. The quantitative estimate of drug-likeness (QED) is 0.0420. The Balaban J connectivity index is 3.45. The van der Waals surface area contributed by atoms with Gasteiger partial charge in [0.1, 0.15) is 0 Å². The molecule has 4 heteroatoms. The molecular weight excluding hydrogens is 891 g/mol. The van der Waals surface area contributed by atoms with Gasteiger partial charge in [-0.2, -0.15) is 0 Å². The van der Waals surface area contributed by atoms with Crippen molar-refractivity contribution in [2.24, 2.45) is 0 Å². The molecule has 0 aliphatic heterocycles. The number of hydrogen-bond acceptors (Lipinski definition) is 3. The Morgan fingerprint density at radius 2 is 0.534 bits per heavy atom. The summed E-state index contributed by atoms with van der Waals surface area (Å²) in [4.78, 5) is 12.5. The molecule has 0 aliphatic carbocycles. The minimum Gasteiger partial charge on any atom is -0.394 e. The molecule has 430 valence electrons. The summed E-state index contributed by atoms with van der Waals surface area (Å²) in [6.07, 6.45) is 90.5. The Kier molecular flexibility index (Phi) is 63.2. The maximum absolute atomic E-state index is 12.5. The van der Waals surface area contributed by atoms with Gasteiger partial charge in [-0.15, -0.1) is 0 Å². The standard InChI is InChI=1S/C69H131NO3/c1-3-5-7-9-11-13-15-17-19-21-23-25-27-29-30-31-32-33-34-35-36-37-38-39-40-41-43-45-47-49-51-53-55-57-59-61-63-65-69(73)70-67(66-71)68(72)64-62-60-58-56-54-52-50-48-46-44-42-28-26-24-22-20-18-16-14-12-10-8-6-4-2/h21,23,46,48,54,56,62,64,67-68,71-72H,3-20,22,24-45,47,49-53,55,57-61,63,65-66H2,1-2H3,(H,70,73)/b23-21-,48-46+,56-54+,64-62+.